The minimum Gasteiger partial charge on any atom is -0.451 e. The summed E-state index contributed by atoms with van der Waals surface area (Å²) in [5, 5.41) is 15.2. The van der Waals surface area contributed by atoms with E-state index in [4.69, 9.17) is 15.5 Å². The van der Waals surface area contributed by atoms with Gasteiger partial charge >= 0.3 is 5.97 Å². The van der Waals surface area contributed by atoms with Crippen molar-refractivity contribution in [1.82, 2.24) is 20.7 Å². The number of aryl methyl sites for hydroxylation is 1. The topological polar surface area (TPSA) is 164 Å². The number of primary amides is 1. The number of hydrogen-bond donors (Lipinski definition) is 4. The molecule has 11 heteroatoms. The van der Waals surface area contributed by atoms with Gasteiger partial charge in [0.25, 0.3) is 11.8 Å². The molecular weight excluding hydrogens is 562 g/mol. The standard InChI is InChI=1S/C33H45N5O6/c1-5-24-11-10-23-9-8-22(19-27(23)36-24)12-15-33(16-13-25(39)14-17-33)32(43)44-28(20(2)3)30(41)35-21(4)31(42)38-18-6-7-26(37-38)29(34)40/h8-12,15,19-21,25-26,28,37,39H,5-7,13-14,16-18H2,1-4H3,(H2,34,40)(H,35,41)/b15-12+. The van der Waals surface area contributed by atoms with Crippen LogP contribution < -0.4 is 16.5 Å². The van der Waals surface area contributed by atoms with Crippen LogP contribution in [-0.4, -0.2) is 69.6 Å². The summed E-state index contributed by atoms with van der Waals surface area (Å²) in [6.07, 6.45) is 5.63. The molecule has 0 bridgehead atoms. The van der Waals surface area contributed by atoms with Crippen molar-refractivity contribution in [3.05, 3.63) is 47.7 Å². The summed E-state index contributed by atoms with van der Waals surface area (Å²) in [5.74, 6) is -2.47. The number of hydrogen-bond acceptors (Lipinski definition) is 8. The molecule has 0 spiro atoms. The summed E-state index contributed by atoms with van der Waals surface area (Å²) >= 11 is 0. The summed E-state index contributed by atoms with van der Waals surface area (Å²) < 4.78 is 5.92. The molecule has 3 atom stereocenters. The molecule has 1 aromatic heterocycles. The van der Waals surface area contributed by atoms with Gasteiger partial charge in [-0.15, -0.1) is 0 Å². The maximum atomic E-state index is 13.9. The molecule has 238 valence electrons. The second kappa shape index (κ2) is 14.3. The smallest absolute Gasteiger partial charge is 0.316 e. The first-order valence-electron chi connectivity index (χ1n) is 15.6. The van der Waals surface area contributed by atoms with Gasteiger partial charge < -0.3 is 20.9 Å². The number of ether oxygens (including phenoxy) is 1. The van der Waals surface area contributed by atoms with E-state index in [-0.39, 0.29) is 5.92 Å². The molecule has 2 aromatic rings. The Bertz CT molecular complexity index is 1400. The summed E-state index contributed by atoms with van der Waals surface area (Å²) in [7, 11) is 0. The minimum absolute atomic E-state index is 0.372. The molecule has 3 unspecified atom stereocenters. The van der Waals surface area contributed by atoms with E-state index in [1.807, 2.05) is 42.5 Å². The molecule has 1 aliphatic carbocycles. The van der Waals surface area contributed by atoms with Crippen LogP contribution in [0.1, 0.15) is 77.5 Å². The normalized spacial score (nSPS) is 23.8. The summed E-state index contributed by atoms with van der Waals surface area (Å²) in [4.78, 5) is 56.6. The number of carbonyl (C=O) groups excluding carboxylic acids is 4. The van der Waals surface area contributed by atoms with Crippen molar-refractivity contribution in [2.45, 2.75) is 96.9 Å². The number of aliphatic hydroxyl groups is 1. The third kappa shape index (κ3) is 7.81. The predicted octanol–water partition coefficient (Wildman–Crippen LogP) is 2.79. The maximum Gasteiger partial charge on any atom is 0.316 e. The lowest BCUT2D eigenvalue weighted by Gasteiger charge is -2.36. The van der Waals surface area contributed by atoms with E-state index in [0.29, 0.717) is 45.1 Å². The molecule has 5 N–H and O–H groups in total. The highest BCUT2D eigenvalue weighted by atomic mass is 16.5. The van der Waals surface area contributed by atoms with Crippen molar-refractivity contribution in [2.24, 2.45) is 17.1 Å². The summed E-state index contributed by atoms with van der Waals surface area (Å²) in [6.45, 7) is 7.52. The van der Waals surface area contributed by atoms with E-state index < -0.39 is 53.4 Å². The Kier molecular flexibility index (Phi) is 10.7. The summed E-state index contributed by atoms with van der Waals surface area (Å²) in [6, 6.07) is 8.40. The number of nitrogens with two attached hydrogens (primary N) is 1. The van der Waals surface area contributed by atoms with E-state index in [1.165, 1.54) is 5.01 Å². The first-order chi connectivity index (χ1) is 20.9. The van der Waals surface area contributed by atoms with Crippen LogP contribution >= 0.6 is 0 Å². The highest BCUT2D eigenvalue weighted by Gasteiger charge is 2.43. The molecule has 3 amide bonds. The van der Waals surface area contributed by atoms with Gasteiger partial charge in [0.2, 0.25) is 5.91 Å². The number of esters is 1. The van der Waals surface area contributed by atoms with Gasteiger partial charge in [-0.1, -0.05) is 51.1 Å². The molecule has 0 radical (unpaired) electrons. The second-order valence-corrected chi connectivity index (χ2v) is 12.3. The quantitative estimate of drug-likeness (QED) is 0.300. The Morgan fingerprint density at radius 3 is 2.52 bits per heavy atom. The van der Waals surface area contributed by atoms with Gasteiger partial charge in [0.05, 0.1) is 17.0 Å². The van der Waals surface area contributed by atoms with E-state index in [9.17, 15) is 24.3 Å². The van der Waals surface area contributed by atoms with Gasteiger partial charge in [-0.2, -0.15) is 0 Å². The largest absolute Gasteiger partial charge is 0.451 e. The zero-order valence-electron chi connectivity index (χ0n) is 26.0. The molecule has 1 aromatic carbocycles. The van der Waals surface area contributed by atoms with Crippen LogP contribution in [0.25, 0.3) is 17.0 Å². The molecule has 1 saturated heterocycles. The van der Waals surface area contributed by atoms with Gasteiger partial charge in [-0.05, 0) is 75.5 Å². The fraction of sp³-hybridized carbons (Fsp3) is 0.545. The van der Waals surface area contributed by atoms with E-state index >= 15 is 0 Å². The second-order valence-electron chi connectivity index (χ2n) is 12.3. The first kappa shape index (κ1) is 33.1. The lowest BCUT2D eigenvalue weighted by Crippen LogP contribution is -2.60. The third-order valence-electron chi connectivity index (χ3n) is 8.61. The Labute approximate surface area is 258 Å². The number of aliphatic hydroxyl groups excluding tert-OH is 1. The van der Waals surface area contributed by atoms with Crippen LogP contribution in [0.3, 0.4) is 0 Å². The van der Waals surface area contributed by atoms with Crippen molar-refractivity contribution < 1.29 is 29.0 Å². The highest BCUT2D eigenvalue weighted by molar-refractivity contribution is 5.91. The van der Waals surface area contributed by atoms with Crippen LogP contribution in [0, 0.1) is 11.3 Å². The van der Waals surface area contributed by atoms with Gasteiger partial charge in [0, 0.05) is 17.6 Å². The van der Waals surface area contributed by atoms with Gasteiger partial charge in [-0.25, -0.2) is 5.43 Å². The maximum absolute atomic E-state index is 13.9. The lowest BCUT2D eigenvalue weighted by molar-refractivity contribution is -0.168. The number of amides is 3. The van der Waals surface area contributed by atoms with Crippen molar-refractivity contribution in [3.63, 3.8) is 0 Å². The average Bonchev–Trinajstić information content (AvgIpc) is 3.02. The molecule has 1 aliphatic heterocycles. The number of pyridine rings is 1. The Balaban J connectivity index is 1.49. The van der Waals surface area contributed by atoms with Gasteiger partial charge in [-0.3, -0.25) is 29.2 Å². The number of rotatable bonds is 10. The molecule has 4 rings (SSSR count). The van der Waals surface area contributed by atoms with E-state index in [0.717, 1.165) is 28.6 Å². The fourth-order valence-electron chi connectivity index (χ4n) is 5.76. The molecular formula is C33H45N5O6. The molecule has 2 aliphatic rings. The van der Waals surface area contributed by atoms with Crippen LogP contribution in [0.4, 0.5) is 0 Å². The number of carbonyl (C=O) groups is 4. The average molecular weight is 608 g/mol. The molecule has 44 heavy (non-hydrogen) atoms. The van der Waals surface area contributed by atoms with Crippen molar-refractivity contribution in [2.75, 3.05) is 6.54 Å². The van der Waals surface area contributed by atoms with Gasteiger partial charge in [0.15, 0.2) is 6.10 Å². The number of aromatic nitrogens is 1. The highest BCUT2D eigenvalue weighted by Crippen LogP contribution is 2.40. The Morgan fingerprint density at radius 1 is 1.16 bits per heavy atom. The van der Waals surface area contributed by atoms with E-state index in [1.54, 1.807) is 20.8 Å². The Hall–Kier alpha value is -3.83. The zero-order chi connectivity index (χ0) is 32.0. The first-order valence-corrected chi connectivity index (χ1v) is 15.6. The number of fused-ring (bicyclic) bond motifs is 1. The fourth-order valence-corrected chi connectivity index (χ4v) is 5.76. The minimum atomic E-state index is -1.14. The Morgan fingerprint density at radius 2 is 1.86 bits per heavy atom. The predicted molar refractivity (Wildman–Crippen MR) is 166 cm³/mol. The lowest BCUT2D eigenvalue weighted by atomic mass is 9.72. The van der Waals surface area contributed by atoms with Crippen molar-refractivity contribution in [1.29, 1.82) is 0 Å². The van der Waals surface area contributed by atoms with Crippen molar-refractivity contribution in [3.8, 4) is 0 Å². The van der Waals surface area contributed by atoms with Gasteiger partial charge in [0.1, 0.15) is 12.1 Å². The monoisotopic (exact) mass is 607 g/mol. The van der Waals surface area contributed by atoms with Crippen LogP contribution in [0.5, 0.6) is 0 Å². The number of nitrogens with zero attached hydrogens (tertiary/aromatic N) is 2. The third-order valence-corrected chi connectivity index (χ3v) is 8.61. The van der Waals surface area contributed by atoms with Crippen molar-refractivity contribution >= 4 is 40.7 Å². The number of nitrogens with one attached hydrogen (secondary N) is 2. The van der Waals surface area contributed by atoms with Crippen LogP contribution in [-0.2, 0) is 30.3 Å². The molecule has 2 fully saturated rings. The number of hydrazine groups is 1. The number of benzene rings is 1. The molecule has 2 heterocycles. The van der Waals surface area contributed by atoms with E-state index in [2.05, 4.69) is 17.7 Å². The molecule has 11 nitrogen and oxygen atoms in total. The zero-order valence-corrected chi connectivity index (χ0v) is 26.0. The van der Waals surface area contributed by atoms with Crippen LogP contribution in [0.15, 0.2) is 36.4 Å². The SMILES string of the molecule is CCc1ccc2ccc(/C=C/C3(C(=O)OC(C(=O)NC(C)C(=O)N4CCCC(C(N)=O)N4)C(C)C)CCC(O)CC3)cc2n1. The summed E-state index contributed by atoms with van der Waals surface area (Å²) in [5.41, 5.74) is 9.94. The molecule has 1 saturated carbocycles. The van der Waals surface area contributed by atoms with Crippen LogP contribution in [0.2, 0.25) is 0 Å².